The molecule has 0 spiro atoms. The van der Waals surface area contributed by atoms with Crippen LogP contribution in [-0.2, 0) is 0 Å². The van der Waals surface area contributed by atoms with E-state index < -0.39 is 0 Å². The molecule has 0 amide bonds. The minimum Gasteiger partial charge on any atom is -0.497 e. The van der Waals surface area contributed by atoms with Gasteiger partial charge < -0.3 is 10.1 Å². The summed E-state index contributed by atoms with van der Waals surface area (Å²) in [5, 5.41) is 3.27. The third-order valence-electron chi connectivity index (χ3n) is 3.98. The fourth-order valence-electron chi connectivity index (χ4n) is 2.59. The van der Waals surface area contributed by atoms with E-state index >= 15 is 0 Å². The second kappa shape index (κ2) is 8.96. The van der Waals surface area contributed by atoms with E-state index in [0.717, 1.165) is 5.92 Å². The molecule has 1 saturated carbocycles. The molecular weight excluding hydrogens is 253 g/mol. The second-order valence-electron chi connectivity index (χ2n) is 5.79. The molecule has 1 aromatic carbocycles. The quantitative estimate of drug-likeness (QED) is 0.881. The fraction of sp³-hybridized carbons (Fsp3) is 0.647. The molecule has 1 N–H and O–H groups in total. The first-order valence-corrected chi connectivity index (χ1v) is 6.94. The third-order valence-corrected chi connectivity index (χ3v) is 3.98. The average molecular weight is 283 g/mol. The van der Waals surface area contributed by atoms with E-state index in [9.17, 15) is 4.39 Å². The Morgan fingerprint density at radius 1 is 1.30 bits per heavy atom. The van der Waals surface area contributed by atoms with Crippen LogP contribution in [0.3, 0.4) is 0 Å². The highest BCUT2D eigenvalue weighted by Crippen LogP contribution is 2.41. The summed E-state index contributed by atoms with van der Waals surface area (Å²) in [6.45, 7) is 5.98. The number of ether oxygens (including phenoxy) is 1. The number of hydrogen-bond acceptors (Lipinski definition) is 2. The molecule has 0 radical (unpaired) electrons. The molecule has 2 nitrogen and oxygen atoms in total. The Kier molecular flexibility index (Phi) is 8.47. The summed E-state index contributed by atoms with van der Waals surface area (Å²) in [5.74, 6) is 1.35. The number of rotatable bonds is 3. The molecule has 0 saturated heterocycles. The molecule has 2 rings (SSSR count). The summed E-state index contributed by atoms with van der Waals surface area (Å²) in [6, 6.07) is 5.88. The van der Waals surface area contributed by atoms with E-state index in [1.165, 1.54) is 37.9 Å². The van der Waals surface area contributed by atoms with Gasteiger partial charge in [0.15, 0.2) is 0 Å². The number of benzene rings is 1. The van der Waals surface area contributed by atoms with Crippen molar-refractivity contribution in [2.24, 2.45) is 11.3 Å². The molecule has 1 aliphatic carbocycles. The molecule has 1 aromatic rings. The molecule has 3 heteroatoms. The molecule has 0 aliphatic heterocycles. The molecule has 20 heavy (non-hydrogen) atoms. The van der Waals surface area contributed by atoms with Crippen LogP contribution in [0.25, 0.3) is 0 Å². The number of methoxy groups -OCH3 is 1. The van der Waals surface area contributed by atoms with Gasteiger partial charge in [-0.1, -0.05) is 27.7 Å². The number of hydrogen-bond donors (Lipinski definition) is 1. The minimum atomic E-state index is -0.240. The van der Waals surface area contributed by atoms with Crippen LogP contribution in [0.1, 0.15) is 40.5 Å². The van der Waals surface area contributed by atoms with Crippen molar-refractivity contribution in [3.05, 3.63) is 30.1 Å². The van der Waals surface area contributed by atoms with Crippen LogP contribution in [0, 0.1) is 17.2 Å². The van der Waals surface area contributed by atoms with Crippen molar-refractivity contribution in [2.45, 2.75) is 40.5 Å². The van der Waals surface area contributed by atoms with Crippen LogP contribution in [0.5, 0.6) is 5.75 Å². The zero-order valence-electron chi connectivity index (χ0n) is 12.5. The maximum Gasteiger partial charge on any atom is 0.123 e. The summed E-state index contributed by atoms with van der Waals surface area (Å²) < 4.78 is 17.0. The lowest BCUT2D eigenvalue weighted by molar-refractivity contribution is 0.256. The fourth-order valence-corrected chi connectivity index (χ4v) is 2.59. The van der Waals surface area contributed by atoms with Crippen molar-refractivity contribution < 1.29 is 9.13 Å². The smallest absolute Gasteiger partial charge is 0.123 e. The zero-order chi connectivity index (χ0) is 14.3. The van der Waals surface area contributed by atoms with Crippen molar-refractivity contribution >= 4 is 0 Å². The first kappa shape index (κ1) is 18.9. The van der Waals surface area contributed by atoms with Gasteiger partial charge in [-0.25, -0.2) is 4.39 Å². The van der Waals surface area contributed by atoms with Crippen molar-refractivity contribution in [1.82, 2.24) is 5.32 Å². The molecule has 1 unspecified atom stereocenters. The van der Waals surface area contributed by atoms with E-state index in [4.69, 9.17) is 4.74 Å². The van der Waals surface area contributed by atoms with E-state index in [1.807, 2.05) is 0 Å². The zero-order valence-corrected chi connectivity index (χ0v) is 12.5. The predicted octanol–water partition coefficient (Wildman–Crippen LogP) is 4.50. The van der Waals surface area contributed by atoms with Crippen molar-refractivity contribution in [3.63, 3.8) is 0 Å². The first-order valence-electron chi connectivity index (χ1n) is 6.94. The van der Waals surface area contributed by atoms with Gasteiger partial charge in [-0.05, 0) is 62.0 Å². The van der Waals surface area contributed by atoms with Gasteiger partial charge >= 0.3 is 0 Å². The highest BCUT2D eigenvalue weighted by Gasteiger charge is 2.33. The first-order chi connectivity index (χ1) is 8.99. The summed E-state index contributed by atoms with van der Waals surface area (Å²) in [5.41, 5.74) is 0.600. The monoisotopic (exact) mass is 283 g/mol. The summed E-state index contributed by atoms with van der Waals surface area (Å²) in [6.07, 6.45) is 4.27. The number of nitrogens with one attached hydrogen (secondary N) is 1. The van der Waals surface area contributed by atoms with Gasteiger partial charge in [0.1, 0.15) is 11.6 Å². The van der Waals surface area contributed by atoms with Gasteiger partial charge in [0.2, 0.25) is 0 Å². The summed E-state index contributed by atoms with van der Waals surface area (Å²) >= 11 is 0. The van der Waals surface area contributed by atoms with Gasteiger partial charge in [-0.3, -0.25) is 0 Å². The van der Waals surface area contributed by atoms with Gasteiger partial charge in [-0.2, -0.15) is 0 Å². The largest absolute Gasteiger partial charge is 0.497 e. The lowest BCUT2D eigenvalue weighted by Gasteiger charge is -2.26. The van der Waals surface area contributed by atoms with E-state index in [0.29, 0.717) is 11.2 Å². The minimum absolute atomic E-state index is 0. The third kappa shape index (κ3) is 5.91. The van der Waals surface area contributed by atoms with Crippen LogP contribution in [0.4, 0.5) is 4.39 Å². The normalized spacial score (nSPS) is 19.6. The molecular formula is C17H30FNO. The van der Waals surface area contributed by atoms with Gasteiger partial charge in [-0.15, -0.1) is 0 Å². The van der Waals surface area contributed by atoms with Gasteiger partial charge in [0.25, 0.3) is 0 Å². The topological polar surface area (TPSA) is 21.3 Å². The highest BCUT2D eigenvalue weighted by molar-refractivity contribution is 5.21. The van der Waals surface area contributed by atoms with Crippen molar-refractivity contribution in [3.8, 4) is 5.75 Å². The van der Waals surface area contributed by atoms with E-state index in [1.54, 1.807) is 19.2 Å². The molecule has 0 heterocycles. The predicted molar refractivity (Wildman–Crippen MR) is 84.7 cm³/mol. The van der Waals surface area contributed by atoms with Crippen LogP contribution >= 0.6 is 0 Å². The Morgan fingerprint density at radius 2 is 1.90 bits per heavy atom. The lowest BCUT2D eigenvalue weighted by Crippen LogP contribution is -2.27. The van der Waals surface area contributed by atoms with E-state index in [2.05, 4.69) is 26.2 Å². The number of halogens is 1. The maximum atomic E-state index is 12.2. The molecule has 0 aromatic heterocycles. The summed E-state index contributed by atoms with van der Waals surface area (Å²) in [7, 11) is 3.60. The average Bonchev–Trinajstić information content (AvgIpc) is 2.71. The summed E-state index contributed by atoms with van der Waals surface area (Å²) in [4.78, 5) is 0. The molecule has 116 valence electrons. The molecule has 1 fully saturated rings. The van der Waals surface area contributed by atoms with Crippen molar-refractivity contribution in [2.75, 3.05) is 20.7 Å². The standard InChI is InChI=1S/C9H19N.C7H7FO.CH4/c1-9(2)6-4-5-8(9)7-10-3;1-9-7-4-2-6(8)3-5-7;/h8,10H,4-7H2,1-3H3;2-5H,1H3;1H4. The van der Waals surface area contributed by atoms with Crippen molar-refractivity contribution in [1.29, 1.82) is 0 Å². The second-order valence-corrected chi connectivity index (χ2v) is 5.79. The maximum absolute atomic E-state index is 12.2. The van der Waals surface area contributed by atoms with Crippen LogP contribution in [0.15, 0.2) is 24.3 Å². The highest BCUT2D eigenvalue weighted by atomic mass is 19.1. The Hall–Kier alpha value is -1.09. The van der Waals surface area contributed by atoms with E-state index in [-0.39, 0.29) is 13.2 Å². The molecule has 0 bridgehead atoms. The van der Waals surface area contributed by atoms with Crippen LogP contribution < -0.4 is 10.1 Å². The van der Waals surface area contributed by atoms with Crippen LogP contribution in [-0.4, -0.2) is 20.7 Å². The van der Waals surface area contributed by atoms with Gasteiger partial charge in [0, 0.05) is 0 Å². The Balaban J connectivity index is 0.000000345. The van der Waals surface area contributed by atoms with Crippen LogP contribution in [0.2, 0.25) is 0 Å². The molecule has 1 atom stereocenters. The Labute approximate surface area is 123 Å². The van der Waals surface area contributed by atoms with Gasteiger partial charge in [0.05, 0.1) is 7.11 Å². The lowest BCUT2D eigenvalue weighted by atomic mass is 9.82. The Morgan fingerprint density at radius 3 is 2.30 bits per heavy atom. The Bertz CT molecular complexity index is 362. The SMILES string of the molecule is C.CNCC1CCCC1(C)C.COc1ccc(F)cc1. The molecule has 1 aliphatic rings.